The fourth-order valence-electron chi connectivity index (χ4n) is 3.91. The molecule has 4 rings (SSSR count). The Bertz CT molecular complexity index is 1260. The van der Waals surface area contributed by atoms with Gasteiger partial charge < -0.3 is 9.42 Å². The van der Waals surface area contributed by atoms with Gasteiger partial charge in [0, 0.05) is 43.2 Å². The summed E-state index contributed by atoms with van der Waals surface area (Å²) in [5.74, 6) is 0.435. The lowest BCUT2D eigenvalue weighted by Gasteiger charge is -2.33. The van der Waals surface area contributed by atoms with E-state index < -0.39 is 10.0 Å². The van der Waals surface area contributed by atoms with Crippen molar-refractivity contribution in [3.63, 3.8) is 0 Å². The number of hydrogen-bond donors (Lipinski definition) is 0. The quantitative estimate of drug-likeness (QED) is 0.520. The highest BCUT2D eigenvalue weighted by atomic mass is 32.2. The SMILES string of the molecule is CCc1nc(-c2csc(S(=O)(=O)N3CCC[C@@H](C(=O)N(C)c4ccc(C)c(C)c4)C3)c2)no1. The minimum Gasteiger partial charge on any atom is -0.339 e. The second kappa shape index (κ2) is 9.36. The largest absolute Gasteiger partial charge is 0.339 e. The lowest BCUT2D eigenvalue weighted by molar-refractivity contribution is -0.123. The predicted molar refractivity (Wildman–Crippen MR) is 128 cm³/mol. The van der Waals surface area contributed by atoms with E-state index in [1.165, 1.54) is 4.31 Å². The Balaban J connectivity index is 1.50. The van der Waals surface area contributed by atoms with Crippen molar-refractivity contribution in [2.45, 2.75) is 44.2 Å². The smallest absolute Gasteiger partial charge is 0.252 e. The van der Waals surface area contributed by atoms with E-state index in [2.05, 4.69) is 10.1 Å². The van der Waals surface area contributed by atoms with E-state index in [1.54, 1.807) is 23.4 Å². The normalized spacial score (nSPS) is 17.3. The number of amides is 1. The van der Waals surface area contributed by atoms with Crippen molar-refractivity contribution in [3.8, 4) is 11.4 Å². The first-order valence-corrected chi connectivity index (χ1v) is 13.3. The third-order valence-electron chi connectivity index (χ3n) is 6.14. The zero-order valence-electron chi connectivity index (χ0n) is 19.2. The van der Waals surface area contributed by atoms with Gasteiger partial charge in [0.05, 0.1) is 5.92 Å². The maximum Gasteiger partial charge on any atom is 0.252 e. The molecule has 1 saturated heterocycles. The molecule has 0 N–H and O–H groups in total. The van der Waals surface area contributed by atoms with Crippen LogP contribution in [0.25, 0.3) is 11.4 Å². The molecule has 10 heteroatoms. The van der Waals surface area contributed by atoms with Gasteiger partial charge in [0.15, 0.2) is 0 Å². The van der Waals surface area contributed by atoms with Gasteiger partial charge in [-0.15, -0.1) is 11.3 Å². The summed E-state index contributed by atoms with van der Waals surface area (Å²) in [5.41, 5.74) is 3.71. The van der Waals surface area contributed by atoms with Crippen LogP contribution in [0.4, 0.5) is 5.69 Å². The van der Waals surface area contributed by atoms with Crippen LogP contribution in [0.2, 0.25) is 0 Å². The third-order valence-corrected chi connectivity index (χ3v) is 9.42. The first-order chi connectivity index (χ1) is 15.7. The van der Waals surface area contributed by atoms with Crippen molar-refractivity contribution in [3.05, 3.63) is 46.7 Å². The van der Waals surface area contributed by atoms with Crippen molar-refractivity contribution >= 4 is 33.0 Å². The van der Waals surface area contributed by atoms with Crippen LogP contribution in [0, 0.1) is 19.8 Å². The van der Waals surface area contributed by atoms with Gasteiger partial charge in [-0.25, -0.2) is 8.42 Å². The Hall–Kier alpha value is -2.56. The number of rotatable bonds is 6. The van der Waals surface area contributed by atoms with Crippen LogP contribution in [-0.2, 0) is 21.2 Å². The second-order valence-corrected chi connectivity index (χ2v) is 11.5. The average Bonchev–Trinajstić information content (AvgIpc) is 3.50. The first-order valence-electron chi connectivity index (χ1n) is 11.0. The van der Waals surface area contributed by atoms with Crippen LogP contribution >= 0.6 is 11.3 Å². The molecule has 0 aliphatic carbocycles. The molecule has 1 amide bonds. The monoisotopic (exact) mass is 488 g/mol. The van der Waals surface area contributed by atoms with E-state index in [4.69, 9.17) is 4.52 Å². The molecule has 1 atom stereocenters. The number of piperidine rings is 1. The van der Waals surface area contributed by atoms with Crippen LogP contribution in [0.15, 0.2) is 38.4 Å². The van der Waals surface area contributed by atoms with Gasteiger partial charge in [0.1, 0.15) is 4.21 Å². The number of carbonyl (C=O) groups excluding carboxylic acids is 1. The van der Waals surface area contributed by atoms with Gasteiger partial charge >= 0.3 is 0 Å². The van der Waals surface area contributed by atoms with Gasteiger partial charge in [0.2, 0.25) is 17.6 Å². The predicted octanol–water partition coefficient (Wildman–Crippen LogP) is 4.04. The fourth-order valence-corrected chi connectivity index (χ4v) is 6.74. The topological polar surface area (TPSA) is 96.6 Å². The fraction of sp³-hybridized carbons (Fsp3) is 0.435. The number of aryl methyl sites for hydroxylation is 3. The molecule has 0 spiro atoms. The number of nitrogens with zero attached hydrogens (tertiary/aromatic N) is 4. The molecule has 0 saturated carbocycles. The molecule has 0 radical (unpaired) electrons. The summed E-state index contributed by atoms with van der Waals surface area (Å²) >= 11 is 1.13. The van der Waals surface area contributed by atoms with Gasteiger partial charge in [-0.05, 0) is 56.0 Å². The van der Waals surface area contributed by atoms with Gasteiger partial charge in [-0.2, -0.15) is 9.29 Å². The summed E-state index contributed by atoms with van der Waals surface area (Å²) < 4.78 is 33.4. The lowest BCUT2D eigenvalue weighted by atomic mass is 9.98. The summed E-state index contributed by atoms with van der Waals surface area (Å²) in [5, 5.41) is 5.64. The molecule has 0 bridgehead atoms. The molecule has 1 aromatic carbocycles. The number of thiophene rings is 1. The molecule has 0 unspecified atom stereocenters. The number of benzene rings is 1. The Kier molecular flexibility index (Phi) is 6.69. The Morgan fingerprint density at radius 2 is 2.06 bits per heavy atom. The maximum atomic E-state index is 13.3. The molecule has 1 aliphatic heterocycles. The maximum absolute atomic E-state index is 13.3. The molecule has 1 aliphatic rings. The summed E-state index contributed by atoms with van der Waals surface area (Å²) in [6.07, 6.45) is 1.92. The molecule has 1 fully saturated rings. The number of carbonyl (C=O) groups is 1. The van der Waals surface area contributed by atoms with Gasteiger partial charge in [-0.1, -0.05) is 18.1 Å². The lowest BCUT2D eigenvalue weighted by Crippen LogP contribution is -2.45. The number of sulfonamides is 1. The van der Waals surface area contributed by atoms with Crippen LogP contribution < -0.4 is 4.90 Å². The van der Waals surface area contributed by atoms with E-state index in [9.17, 15) is 13.2 Å². The Morgan fingerprint density at radius 3 is 2.76 bits per heavy atom. The number of aromatic nitrogens is 2. The molecule has 3 aromatic rings. The summed E-state index contributed by atoms with van der Waals surface area (Å²) in [6, 6.07) is 7.48. The first kappa shape index (κ1) is 23.6. The van der Waals surface area contributed by atoms with E-state index >= 15 is 0 Å². The zero-order valence-corrected chi connectivity index (χ0v) is 20.9. The Labute approximate surface area is 198 Å². The summed E-state index contributed by atoms with van der Waals surface area (Å²) in [6.45, 7) is 6.52. The highest BCUT2D eigenvalue weighted by Crippen LogP contribution is 2.32. The molecular weight excluding hydrogens is 460 g/mol. The molecule has 33 heavy (non-hydrogen) atoms. The average molecular weight is 489 g/mol. The van der Waals surface area contributed by atoms with Crippen LogP contribution in [0.5, 0.6) is 0 Å². The molecule has 176 valence electrons. The second-order valence-electron chi connectivity index (χ2n) is 8.39. The summed E-state index contributed by atoms with van der Waals surface area (Å²) in [4.78, 5) is 19.1. The van der Waals surface area contributed by atoms with Crippen molar-refractivity contribution < 1.29 is 17.7 Å². The van der Waals surface area contributed by atoms with E-state index in [0.29, 0.717) is 43.1 Å². The highest BCUT2D eigenvalue weighted by molar-refractivity contribution is 7.91. The molecule has 3 heterocycles. The minimum atomic E-state index is -3.72. The standard InChI is InChI=1S/C23H28N4O4S2/c1-5-20-24-22(25-31-20)18-12-21(32-14-18)33(29,30)27-10-6-7-17(13-27)23(28)26(4)19-9-8-15(2)16(3)11-19/h8-9,11-12,14,17H,5-7,10,13H2,1-4H3/t17-/m1/s1. The molecule has 8 nitrogen and oxygen atoms in total. The van der Waals surface area contributed by atoms with Crippen molar-refractivity contribution in [1.29, 1.82) is 0 Å². The molecular formula is C23H28N4O4S2. The highest BCUT2D eigenvalue weighted by Gasteiger charge is 2.35. The van der Waals surface area contributed by atoms with Crippen molar-refractivity contribution in [1.82, 2.24) is 14.4 Å². The van der Waals surface area contributed by atoms with Gasteiger partial charge in [0.25, 0.3) is 10.0 Å². The third kappa shape index (κ3) is 4.73. The number of hydrogen-bond acceptors (Lipinski definition) is 7. The van der Waals surface area contributed by atoms with Crippen molar-refractivity contribution in [2.75, 3.05) is 25.0 Å². The van der Waals surface area contributed by atoms with Crippen LogP contribution in [-0.4, -0.2) is 48.9 Å². The number of anilines is 1. The van der Waals surface area contributed by atoms with Crippen molar-refractivity contribution in [2.24, 2.45) is 5.92 Å². The van der Waals surface area contributed by atoms with Gasteiger partial charge in [-0.3, -0.25) is 4.79 Å². The summed E-state index contributed by atoms with van der Waals surface area (Å²) in [7, 11) is -1.97. The van der Waals surface area contributed by atoms with E-state index in [-0.39, 0.29) is 22.6 Å². The zero-order chi connectivity index (χ0) is 23.8. The van der Waals surface area contributed by atoms with Crippen LogP contribution in [0.1, 0.15) is 36.8 Å². The van der Waals surface area contributed by atoms with E-state index in [0.717, 1.165) is 28.2 Å². The van der Waals surface area contributed by atoms with Crippen LogP contribution in [0.3, 0.4) is 0 Å². The molecule has 2 aromatic heterocycles. The Morgan fingerprint density at radius 1 is 1.27 bits per heavy atom. The van der Waals surface area contributed by atoms with E-state index in [1.807, 2.05) is 39.0 Å². The minimum absolute atomic E-state index is 0.0658.